The van der Waals surface area contributed by atoms with E-state index in [2.05, 4.69) is 322 Å². The van der Waals surface area contributed by atoms with Gasteiger partial charge in [-0.1, -0.05) is 108 Å². The van der Waals surface area contributed by atoms with Crippen LogP contribution in [0.1, 0.15) is 66.8 Å². The number of halogens is 2. The summed E-state index contributed by atoms with van der Waals surface area (Å²) in [6.45, 7) is 17.1. The minimum atomic E-state index is 0. The second-order valence-corrected chi connectivity index (χ2v) is 23.5. The number of rotatable bonds is 4. The fraction of sp³-hybridized carbons (Fsp3) is 0.103. The van der Waals surface area contributed by atoms with Gasteiger partial charge in [0.2, 0.25) is 0 Å². The molecule has 14 aromatic carbocycles. The third kappa shape index (κ3) is 16.3. The first-order chi connectivity index (χ1) is 38.8. The van der Waals surface area contributed by atoms with Crippen molar-refractivity contribution < 1.29 is 73.3 Å². The first kappa shape index (κ1) is 62.8. The van der Waals surface area contributed by atoms with E-state index in [9.17, 15) is 0 Å². The summed E-state index contributed by atoms with van der Waals surface area (Å²) in [6.07, 6.45) is 0. The normalized spacial score (nSPS) is 10.4. The SMILES string of the molecule is Cc1ccc2c(C)c[cH-]c2c1.Cc1ccc2c(C)c[cH-]c2c1.Cc1ccc2c(c1)[cH-]c1cc(C)ccc12.Cc1ccc2c(c1)[cH-]c1cc(C)ccc12.[Cl-].[Cl-].[Zr+2]=[C](c1ccccc1)c1ccccc1.[Zr+2]=[C](c1ccccc1)c1ccccc1. The molecular weight excluding hydrogens is 1190 g/mol. The van der Waals surface area contributed by atoms with Crippen molar-refractivity contribution in [1.82, 2.24) is 0 Å². The van der Waals surface area contributed by atoms with Crippen LogP contribution in [-0.4, -0.2) is 6.41 Å². The average Bonchev–Trinajstić information content (AvgIpc) is 4.40. The van der Waals surface area contributed by atoms with Gasteiger partial charge in [-0.15, -0.1) is 137 Å². The van der Waals surface area contributed by atoms with E-state index < -0.39 is 0 Å². The van der Waals surface area contributed by atoms with Gasteiger partial charge >= 0.3 is 198 Å². The molecule has 0 nitrogen and oxygen atoms in total. The van der Waals surface area contributed by atoms with Crippen LogP contribution >= 0.6 is 0 Å². The minimum absolute atomic E-state index is 0. The Labute approximate surface area is 528 Å². The van der Waals surface area contributed by atoms with Crippen LogP contribution in [0.5, 0.6) is 0 Å². The van der Waals surface area contributed by atoms with Crippen molar-refractivity contribution >= 4 is 71.0 Å². The van der Waals surface area contributed by atoms with Crippen LogP contribution in [0.2, 0.25) is 0 Å². The van der Waals surface area contributed by atoms with Crippen LogP contribution < -0.4 is 24.8 Å². The van der Waals surface area contributed by atoms with Crippen LogP contribution in [0.25, 0.3) is 64.6 Å². The van der Waals surface area contributed by atoms with E-state index in [1.54, 1.807) is 0 Å². The van der Waals surface area contributed by atoms with Gasteiger partial charge in [-0.2, -0.15) is 23.3 Å². The molecule has 0 aliphatic carbocycles. The molecule has 0 aliphatic heterocycles. The van der Waals surface area contributed by atoms with Crippen molar-refractivity contribution in [2.45, 2.75) is 55.4 Å². The van der Waals surface area contributed by atoms with Gasteiger partial charge in [0, 0.05) is 0 Å². The standard InChI is InChI=1S/2C15H13.2C13H10.2C11H11.2ClH.2Zr/c2*1-10-3-5-14-12(7-10)9-13-8-11(2)4-6-15(13)14;2*1-3-7-12(8-4-1)11-13-9-5-2-6-10-13;2*1-8-3-6-11-9(2)4-5-10(11)7-8;;;;/h2*3-9H,1-2H3;2*1-10H;2*3-7H,1-2H3;2*1H;;/q2*-1;;;2*-1;;;2*+2/p-2. The van der Waals surface area contributed by atoms with E-state index in [1.165, 1.54) is 186 Å². The van der Waals surface area contributed by atoms with Gasteiger partial charge in [-0.05, 0) is 41.5 Å². The molecule has 82 heavy (non-hydrogen) atoms. The van der Waals surface area contributed by atoms with Crippen LogP contribution in [-0.2, 0) is 48.5 Å². The van der Waals surface area contributed by atoms with E-state index in [0.29, 0.717) is 0 Å². The number of hydrogen-bond donors (Lipinski definition) is 0. The van der Waals surface area contributed by atoms with E-state index in [1.807, 2.05) is 0 Å². The van der Waals surface area contributed by atoms with Gasteiger partial charge < -0.3 is 24.8 Å². The second-order valence-electron chi connectivity index (χ2n) is 21.1. The molecule has 0 saturated carbocycles. The molecule has 4 heteroatoms. The van der Waals surface area contributed by atoms with E-state index in [-0.39, 0.29) is 24.8 Å². The van der Waals surface area contributed by atoms with Crippen molar-refractivity contribution in [1.29, 1.82) is 0 Å². The van der Waals surface area contributed by atoms with Gasteiger partial charge in [0.15, 0.2) is 0 Å². The third-order valence-corrected chi connectivity index (χ3v) is 17.4. The number of benzene rings is 10. The Hall–Kier alpha value is -6.75. The van der Waals surface area contributed by atoms with Gasteiger partial charge in [-0.3, -0.25) is 0 Å². The van der Waals surface area contributed by atoms with Gasteiger partial charge in [0.1, 0.15) is 0 Å². The summed E-state index contributed by atoms with van der Waals surface area (Å²) in [5, 5.41) is 16.4. The molecule has 0 aliphatic rings. The molecule has 0 heterocycles. The van der Waals surface area contributed by atoms with E-state index >= 15 is 0 Å². The zero-order valence-electron chi connectivity index (χ0n) is 48.2. The van der Waals surface area contributed by atoms with Crippen molar-refractivity contribution in [2.75, 3.05) is 0 Å². The van der Waals surface area contributed by atoms with Gasteiger partial charge in [-0.25, -0.2) is 0 Å². The first-order valence-corrected chi connectivity index (χ1v) is 30.0. The summed E-state index contributed by atoms with van der Waals surface area (Å²) in [5.74, 6) is 0. The zero-order valence-corrected chi connectivity index (χ0v) is 54.6. The van der Waals surface area contributed by atoms with Crippen molar-refractivity contribution in [2.24, 2.45) is 0 Å². The predicted octanol–water partition coefficient (Wildman–Crippen LogP) is 14.6. The third-order valence-electron chi connectivity index (χ3n) is 14.6. The fourth-order valence-electron chi connectivity index (χ4n) is 10.2. The number of aryl methyl sites for hydroxylation is 8. The van der Waals surface area contributed by atoms with Gasteiger partial charge in [0.25, 0.3) is 0 Å². The molecule has 0 N–H and O–H groups in total. The van der Waals surface area contributed by atoms with Crippen molar-refractivity contribution in [3.8, 4) is 0 Å². The maximum absolute atomic E-state index is 2.28. The van der Waals surface area contributed by atoms with Gasteiger partial charge in [0.05, 0.1) is 0 Å². The van der Waals surface area contributed by atoms with Crippen LogP contribution in [0, 0.1) is 55.4 Å². The van der Waals surface area contributed by atoms with Crippen LogP contribution in [0.4, 0.5) is 0 Å². The molecule has 0 aromatic heterocycles. The Morgan fingerprint density at radius 2 is 0.463 bits per heavy atom. The summed E-state index contributed by atoms with van der Waals surface area (Å²) in [6, 6.07) is 95.3. The molecular formula is C78H68Cl2Zr2-2. The summed E-state index contributed by atoms with van der Waals surface area (Å²) < 4.78 is 2.83. The number of hydrogen-bond acceptors (Lipinski definition) is 0. The molecule has 0 spiro atoms. The monoisotopic (exact) mass is 1250 g/mol. The molecule has 0 radical (unpaired) electrons. The quantitative estimate of drug-likeness (QED) is 0.154. The summed E-state index contributed by atoms with van der Waals surface area (Å²) >= 11 is 2.92. The zero-order chi connectivity index (χ0) is 56.1. The Morgan fingerprint density at radius 1 is 0.256 bits per heavy atom. The topological polar surface area (TPSA) is 0 Å². The maximum atomic E-state index is 2.28. The average molecular weight is 1260 g/mol. The Morgan fingerprint density at radius 3 is 0.695 bits per heavy atom. The fourth-order valence-corrected chi connectivity index (χ4v) is 11.9. The molecule has 0 amide bonds. The Bertz CT molecular complexity index is 3860. The molecule has 14 rings (SSSR count). The molecule has 404 valence electrons. The second kappa shape index (κ2) is 30.0. The molecule has 14 aromatic rings. The molecule has 0 unspecified atom stereocenters. The van der Waals surface area contributed by atoms with Crippen molar-refractivity contribution in [3.63, 3.8) is 0 Å². The Kier molecular flexibility index (Phi) is 23.0. The molecule has 0 bridgehead atoms. The van der Waals surface area contributed by atoms with Crippen LogP contribution in [0.15, 0.2) is 267 Å². The van der Waals surface area contributed by atoms with Crippen LogP contribution in [0.3, 0.4) is 0 Å². The predicted molar refractivity (Wildman–Crippen MR) is 343 cm³/mol. The molecule has 0 atom stereocenters. The summed E-state index contributed by atoms with van der Waals surface area (Å²) in [5.41, 5.74) is 16.1. The van der Waals surface area contributed by atoms with E-state index in [0.717, 1.165) is 0 Å². The molecule has 0 saturated heterocycles. The molecule has 0 fully saturated rings. The summed E-state index contributed by atoms with van der Waals surface area (Å²) in [4.78, 5) is 0. The van der Waals surface area contributed by atoms with Crippen molar-refractivity contribution in [3.05, 3.63) is 334 Å². The van der Waals surface area contributed by atoms with E-state index in [4.69, 9.17) is 0 Å². The first-order valence-electron chi connectivity index (χ1n) is 27.5. The number of fused-ring (bicyclic) bond motifs is 8. The summed E-state index contributed by atoms with van der Waals surface area (Å²) in [7, 11) is 0. The Balaban J connectivity index is 0.000000142.